The molecule has 1 aliphatic carbocycles. The Morgan fingerprint density at radius 2 is 1.80 bits per heavy atom. The second-order valence-electron chi connectivity index (χ2n) is 6.75. The predicted molar refractivity (Wildman–Crippen MR) is 96.1 cm³/mol. The van der Waals surface area contributed by atoms with Crippen LogP contribution in [0.2, 0.25) is 0 Å². The van der Waals surface area contributed by atoms with E-state index in [2.05, 4.69) is 5.32 Å². The number of carboxylic acids is 1. The molecule has 5 heteroatoms. The van der Waals surface area contributed by atoms with E-state index in [-0.39, 0.29) is 11.9 Å². The van der Waals surface area contributed by atoms with Crippen molar-refractivity contribution in [2.24, 2.45) is 5.92 Å². The minimum absolute atomic E-state index is 0.0693. The lowest BCUT2D eigenvalue weighted by atomic mass is 9.86. The monoisotopic (exact) mass is 347 g/mol. The summed E-state index contributed by atoms with van der Waals surface area (Å²) in [6, 6.07) is 9.68. The average molecular weight is 347 g/mol. The predicted octanol–water partition coefficient (Wildman–Crippen LogP) is 3.52. The topological polar surface area (TPSA) is 75.6 Å². The molecule has 1 amide bonds. The SMILES string of the molecule is O=C(CCCOCc1ccccc1)NC1CCCCCCC1C(=O)O. The molecule has 1 fully saturated rings. The zero-order valence-corrected chi connectivity index (χ0v) is 14.8. The van der Waals surface area contributed by atoms with Crippen LogP contribution >= 0.6 is 0 Å². The first kappa shape index (κ1) is 19.4. The van der Waals surface area contributed by atoms with Gasteiger partial charge in [0.15, 0.2) is 0 Å². The highest BCUT2D eigenvalue weighted by Gasteiger charge is 2.29. The number of amides is 1. The Hall–Kier alpha value is -1.88. The Kier molecular flexibility index (Phi) is 8.46. The molecule has 0 spiro atoms. The normalized spacial score (nSPS) is 21.1. The lowest BCUT2D eigenvalue weighted by Gasteiger charge is -2.27. The largest absolute Gasteiger partial charge is 0.481 e. The second-order valence-corrected chi connectivity index (χ2v) is 6.75. The van der Waals surface area contributed by atoms with E-state index in [1.54, 1.807) is 0 Å². The molecular formula is C20H29NO4. The summed E-state index contributed by atoms with van der Waals surface area (Å²) in [6.45, 7) is 1.07. The summed E-state index contributed by atoms with van der Waals surface area (Å²) in [5.74, 6) is -1.32. The molecule has 1 aromatic rings. The van der Waals surface area contributed by atoms with Crippen molar-refractivity contribution in [1.29, 1.82) is 0 Å². The molecule has 138 valence electrons. The Bertz CT molecular complexity index is 532. The first-order chi connectivity index (χ1) is 12.2. The fraction of sp³-hybridized carbons (Fsp3) is 0.600. The maximum Gasteiger partial charge on any atom is 0.308 e. The van der Waals surface area contributed by atoms with Gasteiger partial charge in [0.2, 0.25) is 5.91 Å². The van der Waals surface area contributed by atoms with E-state index in [0.717, 1.165) is 37.7 Å². The number of carbonyl (C=O) groups is 2. The van der Waals surface area contributed by atoms with Gasteiger partial charge in [-0.15, -0.1) is 0 Å². The molecule has 25 heavy (non-hydrogen) atoms. The van der Waals surface area contributed by atoms with Gasteiger partial charge in [0, 0.05) is 19.1 Å². The first-order valence-corrected chi connectivity index (χ1v) is 9.30. The molecule has 2 unspecified atom stereocenters. The number of rotatable bonds is 8. The number of carboxylic acid groups (broad SMARTS) is 1. The minimum Gasteiger partial charge on any atom is -0.481 e. The van der Waals surface area contributed by atoms with Crippen molar-refractivity contribution < 1.29 is 19.4 Å². The molecule has 2 N–H and O–H groups in total. The van der Waals surface area contributed by atoms with Crippen LogP contribution in [0.4, 0.5) is 0 Å². The number of aliphatic carboxylic acids is 1. The summed E-state index contributed by atoms with van der Waals surface area (Å²) in [6.07, 6.45) is 6.54. The zero-order valence-electron chi connectivity index (χ0n) is 14.8. The highest BCUT2D eigenvalue weighted by molar-refractivity contribution is 5.78. The van der Waals surface area contributed by atoms with Crippen LogP contribution < -0.4 is 5.32 Å². The molecule has 0 aliphatic heterocycles. The van der Waals surface area contributed by atoms with Gasteiger partial charge in [-0.25, -0.2) is 0 Å². The van der Waals surface area contributed by atoms with Crippen LogP contribution in [0.1, 0.15) is 56.9 Å². The zero-order chi connectivity index (χ0) is 17.9. The number of hydrogen-bond donors (Lipinski definition) is 2. The third-order valence-corrected chi connectivity index (χ3v) is 4.73. The molecule has 0 bridgehead atoms. The van der Waals surface area contributed by atoms with Crippen molar-refractivity contribution in [1.82, 2.24) is 5.32 Å². The molecule has 2 rings (SSSR count). The Morgan fingerprint density at radius 3 is 2.52 bits per heavy atom. The smallest absolute Gasteiger partial charge is 0.308 e. The molecule has 1 aromatic carbocycles. The van der Waals surface area contributed by atoms with E-state index in [1.165, 1.54) is 0 Å². The summed E-state index contributed by atoms with van der Waals surface area (Å²) >= 11 is 0. The van der Waals surface area contributed by atoms with E-state index < -0.39 is 11.9 Å². The van der Waals surface area contributed by atoms with Crippen LogP contribution in [0.5, 0.6) is 0 Å². The highest BCUT2D eigenvalue weighted by Crippen LogP contribution is 2.23. The average Bonchev–Trinajstić information content (AvgIpc) is 2.57. The van der Waals surface area contributed by atoms with Crippen molar-refractivity contribution in [3.63, 3.8) is 0 Å². The van der Waals surface area contributed by atoms with Gasteiger partial charge in [0.25, 0.3) is 0 Å². The lowest BCUT2D eigenvalue weighted by Crippen LogP contribution is -2.43. The van der Waals surface area contributed by atoms with Crippen LogP contribution in [-0.2, 0) is 20.9 Å². The fourth-order valence-corrected chi connectivity index (χ4v) is 3.33. The van der Waals surface area contributed by atoms with Crippen molar-refractivity contribution in [3.8, 4) is 0 Å². The van der Waals surface area contributed by atoms with Gasteiger partial charge in [0.05, 0.1) is 12.5 Å². The minimum atomic E-state index is -0.793. The Labute approximate surface area is 149 Å². The molecule has 1 aliphatic rings. The van der Waals surface area contributed by atoms with Crippen LogP contribution in [0.3, 0.4) is 0 Å². The summed E-state index contributed by atoms with van der Waals surface area (Å²) in [5, 5.41) is 12.4. The third kappa shape index (κ3) is 7.26. The van der Waals surface area contributed by atoms with Crippen molar-refractivity contribution in [3.05, 3.63) is 35.9 Å². The van der Waals surface area contributed by atoms with E-state index in [9.17, 15) is 14.7 Å². The van der Waals surface area contributed by atoms with Gasteiger partial charge in [-0.3, -0.25) is 9.59 Å². The standard InChI is InChI=1S/C20H29NO4/c22-19(13-8-14-25-15-16-9-4-3-5-10-16)21-18-12-7-2-1-6-11-17(18)20(23)24/h3-5,9-10,17-18H,1-2,6-8,11-15H2,(H,21,22)(H,23,24). The van der Waals surface area contributed by atoms with Gasteiger partial charge in [-0.05, 0) is 24.8 Å². The molecule has 0 radical (unpaired) electrons. The molecule has 2 atom stereocenters. The summed E-state index contributed by atoms with van der Waals surface area (Å²) in [5.41, 5.74) is 1.12. The van der Waals surface area contributed by atoms with Gasteiger partial charge in [-0.1, -0.05) is 56.0 Å². The fourth-order valence-electron chi connectivity index (χ4n) is 3.33. The van der Waals surface area contributed by atoms with Crippen LogP contribution in [0.15, 0.2) is 30.3 Å². The molecule has 0 heterocycles. The van der Waals surface area contributed by atoms with Crippen molar-refractivity contribution in [2.45, 2.75) is 64.0 Å². The lowest BCUT2D eigenvalue weighted by molar-refractivity contribution is -0.143. The van der Waals surface area contributed by atoms with E-state index in [4.69, 9.17) is 4.74 Å². The molecule has 5 nitrogen and oxygen atoms in total. The first-order valence-electron chi connectivity index (χ1n) is 9.30. The van der Waals surface area contributed by atoms with Crippen molar-refractivity contribution >= 4 is 11.9 Å². The highest BCUT2D eigenvalue weighted by atomic mass is 16.5. The number of hydrogen-bond acceptors (Lipinski definition) is 3. The second kappa shape index (κ2) is 10.9. The quantitative estimate of drug-likeness (QED) is 0.706. The number of ether oxygens (including phenoxy) is 1. The van der Waals surface area contributed by atoms with Crippen molar-refractivity contribution in [2.75, 3.05) is 6.61 Å². The third-order valence-electron chi connectivity index (χ3n) is 4.73. The van der Waals surface area contributed by atoms with E-state index >= 15 is 0 Å². The van der Waals surface area contributed by atoms with Crippen LogP contribution in [-0.4, -0.2) is 29.6 Å². The van der Waals surface area contributed by atoms with Crippen LogP contribution in [0.25, 0.3) is 0 Å². The number of nitrogens with one attached hydrogen (secondary N) is 1. The summed E-state index contributed by atoms with van der Waals surface area (Å²) in [4.78, 5) is 23.6. The Balaban J connectivity index is 1.67. The molecule has 0 aromatic heterocycles. The Morgan fingerprint density at radius 1 is 1.08 bits per heavy atom. The van der Waals surface area contributed by atoms with Gasteiger partial charge < -0.3 is 15.2 Å². The molecule has 0 saturated heterocycles. The van der Waals surface area contributed by atoms with Gasteiger partial charge >= 0.3 is 5.97 Å². The van der Waals surface area contributed by atoms with Gasteiger partial charge in [-0.2, -0.15) is 0 Å². The summed E-state index contributed by atoms with van der Waals surface area (Å²) in [7, 11) is 0. The maximum atomic E-state index is 12.2. The van der Waals surface area contributed by atoms with Gasteiger partial charge in [0.1, 0.15) is 0 Å². The number of carbonyl (C=O) groups excluding carboxylic acids is 1. The van der Waals surface area contributed by atoms with Crippen LogP contribution in [0, 0.1) is 5.92 Å². The molecular weight excluding hydrogens is 318 g/mol. The van der Waals surface area contributed by atoms with E-state index in [0.29, 0.717) is 32.5 Å². The van der Waals surface area contributed by atoms with E-state index in [1.807, 2.05) is 30.3 Å². The summed E-state index contributed by atoms with van der Waals surface area (Å²) < 4.78 is 5.58. The molecule has 1 saturated carbocycles. The number of benzene rings is 1. The maximum absolute atomic E-state index is 12.2.